The summed E-state index contributed by atoms with van der Waals surface area (Å²) in [5.74, 6) is -2.42. The van der Waals surface area contributed by atoms with Crippen LogP contribution in [0.2, 0.25) is 0 Å². The molecule has 2 aliphatic carbocycles. The van der Waals surface area contributed by atoms with Gasteiger partial charge in [0.2, 0.25) is 27.7 Å². The molecular weight excluding hydrogens is 771 g/mol. The van der Waals surface area contributed by atoms with Crippen molar-refractivity contribution in [3.05, 3.63) is 66.1 Å². The number of alkyl carbamates (subject to hydrolysis) is 1. The second-order valence-electron chi connectivity index (χ2n) is 16.3. The summed E-state index contributed by atoms with van der Waals surface area (Å²) in [7, 11) is -3.90. The average molecular weight is 820 g/mol. The topological polar surface area (TPSA) is 191 Å². The molecule has 1 aromatic carbocycles. The molecule has 2 N–H and O–H groups in total. The number of thiophene rings is 1. The largest absolute Gasteiger partial charge is 0.471 e. The van der Waals surface area contributed by atoms with Crippen LogP contribution in [0.3, 0.4) is 0 Å². The van der Waals surface area contributed by atoms with Gasteiger partial charge in [0.15, 0.2) is 11.6 Å². The van der Waals surface area contributed by atoms with Gasteiger partial charge in [0.25, 0.3) is 0 Å². The van der Waals surface area contributed by atoms with Crippen molar-refractivity contribution in [2.45, 2.75) is 109 Å². The Bertz CT molecular complexity index is 2210. The van der Waals surface area contributed by atoms with E-state index in [1.807, 2.05) is 35.7 Å². The van der Waals surface area contributed by atoms with Gasteiger partial charge < -0.3 is 19.7 Å². The first-order valence-electron chi connectivity index (χ1n) is 19.1. The molecule has 1 aliphatic heterocycles. The molecule has 3 amide bonds. The van der Waals surface area contributed by atoms with Crippen LogP contribution in [0.1, 0.15) is 79.6 Å². The second-order valence-corrected chi connectivity index (χ2v) is 19.2. The molecule has 14 nitrogen and oxygen atoms in total. The highest BCUT2D eigenvalue weighted by Crippen LogP contribution is 2.57. The van der Waals surface area contributed by atoms with Gasteiger partial charge >= 0.3 is 6.09 Å². The number of fused-ring (bicyclic) bond motifs is 1. The molecule has 2 saturated carbocycles. The fraction of sp³-hybridized carbons (Fsp3) is 0.488. The van der Waals surface area contributed by atoms with E-state index in [2.05, 4.69) is 16.6 Å². The number of amides is 3. The zero-order valence-corrected chi connectivity index (χ0v) is 34.4. The van der Waals surface area contributed by atoms with Crippen LogP contribution >= 0.6 is 11.3 Å². The quantitative estimate of drug-likeness (QED) is 0.134. The van der Waals surface area contributed by atoms with Crippen molar-refractivity contribution >= 4 is 61.9 Å². The van der Waals surface area contributed by atoms with E-state index in [-0.39, 0.29) is 50.3 Å². The summed E-state index contributed by atoms with van der Waals surface area (Å²) in [6.07, 6.45) is 1.89. The molecule has 6 rings (SSSR count). The van der Waals surface area contributed by atoms with E-state index in [9.17, 15) is 32.4 Å². The van der Waals surface area contributed by atoms with E-state index in [1.165, 1.54) is 28.4 Å². The molecule has 1 saturated heterocycles. The second kappa shape index (κ2) is 16.5. The van der Waals surface area contributed by atoms with Gasteiger partial charge in [-0.2, -0.15) is 0 Å². The predicted octanol–water partition coefficient (Wildman–Crippen LogP) is 5.68. The third-order valence-corrected chi connectivity index (χ3v) is 12.9. The number of Topliss-reactive ketones (excluding diaryl/α,β-unsaturated/α-hetero) is 1. The van der Waals surface area contributed by atoms with Gasteiger partial charge in [0.1, 0.15) is 23.4 Å². The molecule has 3 heterocycles. The normalized spacial score (nSPS) is 22.3. The number of ether oxygens (including phenoxy) is 2. The van der Waals surface area contributed by atoms with Gasteiger partial charge in [-0.25, -0.2) is 23.2 Å². The van der Waals surface area contributed by atoms with Crippen LogP contribution in [-0.2, 0) is 33.9 Å². The van der Waals surface area contributed by atoms with E-state index in [0.29, 0.717) is 29.6 Å². The first kappa shape index (κ1) is 41.7. The highest BCUT2D eigenvalue weighted by Gasteiger charge is 2.61. The van der Waals surface area contributed by atoms with Crippen molar-refractivity contribution in [2.24, 2.45) is 11.3 Å². The third-order valence-electron chi connectivity index (χ3n) is 10.2. The Balaban J connectivity index is 1.32. The highest BCUT2D eigenvalue weighted by molar-refractivity contribution is 7.90. The van der Waals surface area contributed by atoms with Crippen LogP contribution in [0.4, 0.5) is 4.79 Å². The maximum absolute atomic E-state index is 14.6. The Morgan fingerprint density at radius 1 is 1.07 bits per heavy atom. The van der Waals surface area contributed by atoms with Crippen LogP contribution in [0.25, 0.3) is 21.6 Å². The third kappa shape index (κ3) is 9.96. The van der Waals surface area contributed by atoms with Gasteiger partial charge in [-0.05, 0) is 95.9 Å². The van der Waals surface area contributed by atoms with Gasteiger partial charge in [-0.3, -0.25) is 23.9 Å². The summed E-state index contributed by atoms with van der Waals surface area (Å²) >= 11 is 1.45. The molecule has 3 fully saturated rings. The molecule has 0 bridgehead atoms. The van der Waals surface area contributed by atoms with Crippen molar-refractivity contribution in [2.75, 3.05) is 6.54 Å². The van der Waals surface area contributed by atoms with Crippen LogP contribution < -0.4 is 14.8 Å². The number of hydrogen-bond acceptors (Lipinski definition) is 12. The monoisotopic (exact) mass is 819 g/mol. The van der Waals surface area contributed by atoms with E-state index in [4.69, 9.17) is 19.4 Å². The lowest BCUT2D eigenvalue weighted by Crippen LogP contribution is -2.53. The van der Waals surface area contributed by atoms with Crippen molar-refractivity contribution in [3.8, 4) is 16.5 Å². The Morgan fingerprint density at radius 3 is 2.37 bits per heavy atom. The number of rotatable bonds is 16. The molecule has 3 aliphatic rings. The Labute approximate surface area is 336 Å². The molecule has 5 atom stereocenters. The maximum atomic E-state index is 14.6. The fourth-order valence-corrected chi connectivity index (χ4v) is 9.22. The zero-order chi connectivity index (χ0) is 41.3. The SMILES string of the molecule is C=C[C@@H]1C[C@]1(CC(=O)[C@@H]1C[C@@H](Oc2nc3ccccc3nc2-c2cccs2)CN1C(=O)[C@H](CCC(=O)C=C(C)C)NC(=O)OC(C)(C)C)C(=O)NS(=O)(=O)C1CC1. The van der Waals surface area contributed by atoms with Gasteiger partial charge in [0, 0.05) is 19.3 Å². The number of nitrogens with one attached hydrogen (secondary N) is 2. The van der Waals surface area contributed by atoms with E-state index >= 15 is 0 Å². The Hall–Kier alpha value is -4.96. The number of ketones is 2. The first-order valence-corrected chi connectivity index (χ1v) is 21.5. The molecule has 0 unspecified atom stereocenters. The zero-order valence-electron chi connectivity index (χ0n) is 32.8. The number of likely N-dealkylation sites (tertiary alicyclic amines) is 1. The molecule has 304 valence electrons. The molecule has 0 radical (unpaired) electrons. The number of benzene rings is 1. The summed E-state index contributed by atoms with van der Waals surface area (Å²) in [5.41, 5.74) is 0.222. The minimum Gasteiger partial charge on any atom is -0.471 e. The number of para-hydroxylation sites is 2. The van der Waals surface area contributed by atoms with Gasteiger partial charge in [-0.1, -0.05) is 29.8 Å². The summed E-state index contributed by atoms with van der Waals surface area (Å²) in [4.78, 5) is 80.4. The number of carbonyl (C=O) groups excluding carboxylic acids is 5. The highest BCUT2D eigenvalue weighted by atomic mass is 32.2. The molecule has 2 aromatic heterocycles. The summed E-state index contributed by atoms with van der Waals surface area (Å²) in [6.45, 7) is 12.3. The number of carbonyl (C=O) groups is 5. The first-order chi connectivity index (χ1) is 26.9. The van der Waals surface area contributed by atoms with Crippen molar-refractivity contribution in [1.29, 1.82) is 0 Å². The number of nitrogens with zero attached hydrogens (tertiary/aromatic N) is 3. The molecule has 57 heavy (non-hydrogen) atoms. The van der Waals surface area contributed by atoms with Crippen molar-refractivity contribution in [3.63, 3.8) is 0 Å². The fourth-order valence-electron chi connectivity index (χ4n) is 7.13. The van der Waals surface area contributed by atoms with Crippen LogP contribution in [0.5, 0.6) is 5.88 Å². The molecule has 3 aromatic rings. The van der Waals surface area contributed by atoms with E-state index < -0.39 is 74.1 Å². The number of aromatic nitrogens is 2. The lowest BCUT2D eigenvalue weighted by atomic mass is 9.91. The average Bonchev–Trinajstić information content (AvgIpc) is 4.00. The minimum absolute atomic E-state index is 0.00432. The summed E-state index contributed by atoms with van der Waals surface area (Å²) < 4.78 is 39.8. The van der Waals surface area contributed by atoms with Gasteiger partial charge in [-0.15, -0.1) is 17.9 Å². The molecular formula is C41H49N5O9S2. The van der Waals surface area contributed by atoms with E-state index in [1.54, 1.807) is 40.7 Å². The number of hydrogen-bond donors (Lipinski definition) is 2. The lowest BCUT2D eigenvalue weighted by molar-refractivity contribution is -0.140. The Kier molecular flexibility index (Phi) is 12.1. The van der Waals surface area contributed by atoms with Crippen molar-refractivity contribution < 1.29 is 41.9 Å². The number of allylic oxidation sites excluding steroid dienone is 3. The Morgan fingerprint density at radius 2 is 1.77 bits per heavy atom. The van der Waals surface area contributed by atoms with Crippen LogP contribution in [-0.4, -0.2) is 88.3 Å². The summed E-state index contributed by atoms with van der Waals surface area (Å²) in [6, 6.07) is 8.66. The van der Waals surface area contributed by atoms with Crippen LogP contribution in [0.15, 0.2) is 66.1 Å². The van der Waals surface area contributed by atoms with E-state index in [0.717, 1.165) is 10.5 Å². The lowest BCUT2D eigenvalue weighted by Gasteiger charge is -2.30. The molecule has 16 heteroatoms. The summed E-state index contributed by atoms with van der Waals surface area (Å²) in [5, 5.41) is 3.88. The molecule has 0 spiro atoms. The smallest absolute Gasteiger partial charge is 0.408 e. The van der Waals surface area contributed by atoms with Gasteiger partial charge in [0.05, 0.1) is 39.2 Å². The number of sulfonamides is 1. The maximum Gasteiger partial charge on any atom is 0.408 e. The predicted molar refractivity (Wildman–Crippen MR) is 215 cm³/mol. The van der Waals surface area contributed by atoms with Crippen LogP contribution in [0, 0.1) is 11.3 Å². The van der Waals surface area contributed by atoms with Crippen molar-refractivity contribution in [1.82, 2.24) is 24.9 Å². The minimum atomic E-state index is -3.90. The standard InChI is InChI=1S/C41H49N5O9S2/c1-7-25-21-41(25,38(50)45-57(52,53)28-15-16-28)22-33(48)32-20-27(54-36-35(34-13-10-18-56-34)42-29-11-8-9-12-30(29)43-36)23-46(32)37(49)31(17-14-26(47)19-24(2)3)44-39(51)55-40(4,5)6/h7-13,18-19,25,27-28,31-32H,1,14-17,20-23H2,2-6H3,(H,44,51)(H,45,50)/t25-,27-,31+,32+,41-/m1/s1.